The van der Waals surface area contributed by atoms with Gasteiger partial charge in [0, 0.05) is 19.5 Å². The molecule has 2 aromatic carbocycles. The van der Waals surface area contributed by atoms with Crippen molar-refractivity contribution < 1.29 is 19.1 Å². The monoisotopic (exact) mass is 383 g/mol. The van der Waals surface area contributed by atoms with E-state index in [2.05, 4.69) is 10.6 Å². The fourth-order valence-corrected chi connectivity index (χ4v) is 3.23. The topological polar surface area (TPSA) is 79.9 Å². The lowest BCUT2D eigenvalue weighted by atomic mass is 10.1. The van der Waals surface area contributed by atoms with Crippen LogP contribution < -0.4 is 20.1 Å². The lowest BCUT2D eigenvalue weighted by Crippen LogP contribution is -2.40. The normalized spacial score (nSPS) is 16.0. The summed E-state index contributed by atoms with van der Waals surface area (Å²) in [6, 6.07) is 14.4. The number of ether oxygens (including phenoxy) is 2. The van der Waals surface area contributed by atoms with Crippen LogP contribution in [0.25, 0.3) is 0 Å². The van der Waals surface area contributed by atoms with Gasteiger partial charge in [0.25, 0.3) is 0 Å². The van der Waals surface area contributed by atoms with Gasteiger partial charge in [0.2, 0.25) is 5.91 Å². The first-order chi connectivity index (χ1) is 13.6. The van der Waals surface area contributed by atoms with E-state index in [1.165, 1.54) is 0 Å². The zero-order valence-corrected chi connectivity index (χ0v) is 16.1. The van der Waals surface area contributed by atoms with Crippen molar-refractivity contribution in [3.8, 4) is 11.5 Å². The lowest BCUT2D eigenvalue weighted by Gasteiger charge is -2.18. The van der Waals surface area contributed by atoms with E-state index in [9.17, 15) is 9.59 Å². The predicted octanol–water partition coefficient (Wildman–Crippen LogP) is 2.67. The quantitative estimate of drug-likeness (QED) is 0.770. The molecule has 1 heterocycles. The Hall–Kier alpha value is -3.22. The standard InChI is InChI=1S/C21H25N3O4/c1-27-17-9-7-15(8-10-17)11-12-24-14-16(13-20(24)25)22-21(26)23-18-5-3-4-6-19(18)28-2/h3-10,16H,11-14H2,1-2H3,(H2,22,23,26)/t16-/m0/s1. The van der Waals surface area contributed by atoms with Gasteiger partial charge in [-0.1, -0.05) is 24.3 Å². The van der Waals surface area contributed by atoms with E-state index < -0.39 is 0 Å². The summed E-state index contributed by atoms with van der Waals surface area (Å²) in [4.78, 5) is 26.3. The van der Waals surface area contributed by atoms with Crippen molar-refractivity contribution in [1.29, 1.82) is 0 Å². The minimum absolute atomic E-state index is 0.0519. The van der Waals surface area contributed by atoms with Gasteiger partial charge < -0.3 is 25.0 Å². The van der Waals surface area contributed by atoms with Crippen molar-refractivity contribution in [1.82, 2.24) is 10.2 Å². The molecule has 1 fully saturated rings. The number of carbonyl (C=O) groups excluding carboxylic acids is 2. The van der Waals surface area contributed by atoms with E-state index in [-0.39, 0.29) is 18.0 Å². The number of hydrogen-bond donors (Lipinski definition) is 2. The Balaban J connectivity index is 1.48. The molecule has 0 spiro atoms. The fourth-order valence-electron chi connectivity index (χ4n) is 3.23. The van der Waals surface area contributed by atoms with E-state index in [4.69, 9.17) is 9.47 Å². The van der Waals surface area contributed by atoms with Crippen molar-refractivity contribution in [2.75, 3.05) is 32.6 Å². The number of carbonyl (C=O) groups is 2. The number of methoxy groups -OCH3 is 2. The molecule has 3 rings (SSSR count). The van der Waals surface area contributed by atoms with Crippen LogP contribution in [0.15, 0.2) is 48.5 Å². The maximum Gasteiger partial charge on any atom is 0.319 e. The zero-order chi connectivity index (χ0) is 19.9. The summed E-state index contributed by atoms with van der Waals surface area (Å²) in [5, 5.41) is 5.64. The number of rotatable bonds is 7. The Kier molecular flexibility index (Phi) is 6.37. The summed E-state index contributed by atoms with van der Waals surface area (Å²) in [7, 11) is 3.18. The highest BCUT2D eigenvalue weighted by molar-refractivity contribution is 5.92. The molecule has 2 aromatic rings. The first kappa shape index (κ1) is 19.5. The summed E-state index contributed by atoms with van der Waals surface area (Å²) in [6.07, 6.45) is 1.07. The number of para-hydroxylation sites is 2. The van der Waals surface area contributed by atoms with Crippen LogP contribution in [0.4, 0.5) is 10.5 Å². The highest BCUT2D eigenvalue weighted by Gasteiger charge is 2.30. The molecule has 0 radical (unpaired) electrons. The SMILES string of the molecule is COc1ccc(CCN2C[C@@H](NC(=O)Nc3ccccc3OC)CC2=O)cc1. The van der Waals surface area contributed by atoms with Crippen molar-refractivity contribution in [3.63, 3.8) is 0 Å². The molecule has 7 heteroatoms. The molecule has 0 aromatic heterocycles. The van der Waals surface area contributed by atoms with Crippen LogP contribution in [0.2, 0.25) is 0 Å². The molecule has 1 saturated heterocycles. The van der Waals surface area contributed by atoms with Gasteiger partial charge in [-0.25, -0.2) is 4.79 Å². The highest BCUT2D eigenvalue weighted by Crippen LogP contribution is 2.23. The first-order valence-corrected chi connectivity index (χ1v) is 9.20. The lowest BCUT2D eigenvalue weighted by molar-refractivity contribution is -0.127. The van der Waals surface area contributed by atoms with Gasteiger partial charge >= 0.3 is 6.03 Å². The summed E-state index contributed by atoms with van der Waals surface area (Å²) in [6.45, 7) is 1.13. The fraction of sp³-hybridized carbons (Fsp3) is 0.333. The van der Waals surface area contributed by atoms with Crippen LogP contribution in [0.1, 0.15) is 12.0 Å². The summed E-state index contributed by atoms with van der Waals surface area (Å²) in [5.74, 6) is 1.45. The van der Waals surface area contributed by atoms with Crippen molar-refractivity contribution in [3.05, 3.63) is 54.1 Å². The second kappa shape index (κ2) is 9.12. The van der Waals surface area contributed by atoms with E-state index in [1.54, 1.807) is 31.3 Å². The maximum absolute atomic E-state index is 12.3. The van der Waals surface area contributed by atoms with Crippen molar-refractivity contribution in [2.45, 2.75) is 18.9 Å². The number of nitrogens with zero attached hydrogens (tertiary/aromatic N) is 1. The van der Waals surface area contributed by atoms with Gasteiger partial charge in [0.1, 0.15) is 11.5 Å². The summed E-state index contributed by atoms with van der Waals surface area (Å²) >= 11 is 0. The number of urea groups is 1. The second-order valence-electron chi connectivity index (χ2n) is 6.64. The average Bonchev–Trinajstić information content (AvgIpc) is 3.06. The number of benzene rings is 2. The van der Waals surface area contributed by atoms with Crippen molar-refractivity contribution >= 4 is 17.6 Å². The zero-order valence-electron chi connectivity index (χ0n) is 16.1. The Bertz CT molecular complexity index is 823. The highest BCUT2D eigenvalue weighted by atomic mass is 16.5. The van der Waals surface area contributed by atoms with Crippen LogP contribution >= 0.6 is 0 Å². The number of amides is 3. The number of hydrogen-bond acceptors (Lipinski definition) is 4. The van der Waals surface area contributed by atoms with E-state index in [1.807, 2.05) is 36.4 Å². The molecular weight excluding hydrogens is 358 g/mol. The Morgan fingerprint density at radius 3 is 2.57 bits per heavy atom. The third-order valence-corrected chi connectivity index (χ3v) is 4.73. The van der Waals surface area contributed by atoms with Gasteiger partial charge in [0.15, 0.2) is 0 Å². The molecule has 1 atom stereocenters. The molecule has 0 unspecified atom stereocenters. The largest absolute Gasteiger partial charge is 0.497 e. The molecule has 0 bridgehead atoms. The van der Waals surface area contributed by atoms with Gasteiger partial charge in [-0.05, 0) is 36.2 Å². The van der Waals surface area contributed by atoms with Gasteiger partial charge in [-0.2, -0.15) is 0 Å². The van der Waals surface area contributed by atoms with Crippen LogP contribution in [-0.2, 0) is 11.2 Å². The second-order valence-corrected chi connectivity index (χ2v) is 6.64. The van der Waals surface area contributed by atoms with E-state index in [0.717, 1.165) is 17.7 Å². The molecule has 28 heavy (non-hydrogen) atoms. The summed E-state index contributed by atoms with van der Waals surface area (Å²) < 4.78 is 10.4. The molecule has 1 aliphatic heterocycles. The number of nitrogens with one attached hydrogen (secondary N) is 2. The van der Waals surface area contributed by atoms with Gasteiger partial charge in [-0.15, -0.1) is 0 Å². The third kappa shape index (κ3) is 4.94. The number of likely N-dealkylation sites (tertiary alicyclic amines) is 1. The third-order valence-electron chi connectivity index (χ3n) is 4.73. The van der Waals surface area contributed by atoms with Crippen molar-refractivity contribution in [2.24, 2.45) is 0 Å². The average molecular weight is 383 g/mol. The van der Waals surface area contributed by atoms with E-state index >= 15 is 0 Å². The first-order valence-electron chi connectivity index (χ1n) is 9.20. The molecule has 7 nitrogen and oxygen atoms in total. The van der Waals surface area contributed by atoms with Crippen LogP contribution in [0.5, 0.6) is 11.5 Å². The Labute approximate surface area is 164 Å². The minimum atomic E-state index is -0.348. The maximum atomic E-state index is 12.3. The molecule has 148 valence electrons. The van der Waals surface area contributed by atoms with Gasteiger partial charge in [-0.3, -0.25) is 4.79 Å². The summed E-state index contributed by atoms with van der Waals surface area (Å²) in [5.41, 5.74) is 1.72. The molecule has 2 N–H and O–H groups in total. The number of anilines is 1. The van der Waals surface area contributed by atoms with Crippen LogP contribution in [-0.4, -0.2) is 50.2 Å². The molecule has 0 saturated carbocycles. The molecule has 3 amide bonds. The molecule has 0 aliphatic carbocycles. The Morgan fingerprint density at radius 2 is 1.86 bits per heavy atom. The minimum Gasteiger partial charge on any atom is -0.497 e. The molecule has 1 aliphatic rings. The molecular formula is C21H25N3O4. The van der Waals surface area contributed by atoms with Crippen LogP contribution in [0.3, 0.4) is 0 Å². The predicted molar refractivity (Wildman–Crippen MR) is 107 cm³/mol. The smallest absolute Gasteiger partial charge is 0.319 e. The van der Waals surface area contributed by atoms with E-state index in [0.29, 0.717) is 30.9 Å². The van der Waals surface area contributed by atoms with Gasteiger partial charge in [0.05, 0.1) is 25.9 Å². The Morgan fingerprint density at radius 1 is 1.11 bits per heavy atom. The van der Waals surface area contributed by atoms with Crippen LogP contribution in [0, 0.1) is 0 Å².